The van der Waals surface area contributed by atoms with Gasteiger partial charge in [0.1, 0.15) is 11.5 Å². The molecule has 0 atom stereocenters. The van der Waals surface area contributed by atoms with Crippen LogP contribution >= 0.6 is 0 Å². The minimum Gasteiger partial charge on any atom is -0.457 e. The number of carbonyl (C=O) groups excluding carboxylic acids is 1. The van der Waals surface area contributed by atoms with Crippen molar-refractivity contribution in [1.29, 1.82) is 0 Å². The molecule has 2 N–H and O–H groups in total. The van der Waals surface area contributed by atoms with Crippen molar-refractivity contribution in [2.75, 3.05) is 44.7 Å². The molecule has 2 amide bonds. The highest BCUT2D eigenvalue weighted by molar-refractivity contribution is 5.89. The monoisotopic (exact) mass is 355 g/mol. The van der Waals surface area contributed by atoms with Gasteiger partial charge in [-0.1, -0.05) is 17.7 Å². The Labute approximate surface area is 154 Å². The van der Waals surface area contributed by atoms with Crippen LogP contribution < -0.4 is 15.4 Å². The summed E-state index contributed by atoms with van der Waals surface area (Å²) < 4.78 is 11.1. The molecule has 6 heteroatoms. The van der Waals surface area contributed by atoms with Gasteiger partial charge in [-0.25, -0.2) is 4.79 Å². The third-order valence-corrected chi connectivity index (χ3v) is 4.19. The lowest BCUT2D eigenvalue weighted by Crippen LogP contribution is -2.42. The Balaban J connectivity index is 1.41. The molecule has 2 aromatic rings. The first kappa shape index (κ1) is 18.2. The fourth-order valence-corrected chi connectivity index (χ4v) is 2.68. The molecular weight excluding hydrogens is 330 g/mol. The summed E-state index contributed by atoms with van der Waals surface area (Å²) >= 11 is 0. The zero-order valence-corrected chi connectivity index (χ0v) is 15.0. The second-order valence-electron chi connectivity index (χ2n) is 6.27. The smallest absolute Gasteiger partial charge is 0.319 e. The summed E-state index contributed by atoms with van der Waals surface area (Å²) in [5.41, 5.74) is 1.92. The van der Waals surface area contributed by atoms with Gasteiger partial charge in [0.15, 0.2) is 0 Å². The van der Waals surface area contributed by atoms with E-state index in [9.17, 15) is 4.79 Å². The van der Waals surface area contributed by atoms with E-state index >= 15 is 0 Å². The Morgan fingerprint density at radius 1 is 1.04 bits per heavy atom. The lowest BCUT2D eigenvalue weighted by molar-refractivity contribution is 0.0388. The normalized spacial score (nSPS) is 14.7. The van der Waals surface area contributed by atoms with Gasteiger partial charge in [0, 0.05) is 31.9 Å². The van der Waals surface area contributed by atoms with Crippen LogP contribution in [0.4, 0.5) is 10.5 Å². The van der Waals surface area contributed by atoms with Crippen LogP contribution in [-0.4, -0.2) is 50.3 Å². The summed E-state index contributed by atoms with van der Waals surface area (Å²) in [6, 6.07) is 15.0. The largest absolute Gasteiger partial charge is 0.457 e. The summed E-state index contributed by atoms with van der Waals surface area (Å²) in [6.07, 6.45) is 0. The van der Waals surface area contributed by atoms with E-state index < -0.39 is 0 Å². The number of rotatable bonds is 6. The lowest BCUT2D eigenvalue weighted by atomic mass is 10.2. The predicted octanol–water partition coefficient (Wildman–Crippen LogP) is 3.24. The van der Waals surface area contributed by atoms with E-state index in [1.807, 2.05) is 55.5 Å². The van der Waals surface area contributed by atoms with Crippen molar-refractivity contribution >= 4 is 11.7 Å². The van der Waals surface area contributed by atoms with Gasteiger partial charge in [-0.3, -0.25) is 4.90 Å². The predicted molar refractivity (Wildman–Crippen MR) is 102 cm³/mol. The zero-order chi connectivity index (χ0) is 18.2. The molecule has 2 aromatic carbocycles. The second kappa shape index (κ2) is 9.22. The lowest BCUT2D eigenvalue weighted by Gasteiger charge is -2.26. The number of nitrogens with one attached hydrogen (secondary N) is 2. The standard InChI is InChI=1S/C20H25N3O3/c1-16-2-6-18(7-3-16)26-19-8-4-17(5-9-19)22-20(24)21-10-11-23-12-14-25-15-13-23/h2-9H,10-15H2,1H3,(H2,21,22,24). The first-order chi connectivity index (χ1) is 12.7. The number of carbonyl (C=O) groups is 1. The highest BCUT2D eigenvalue weighted by Gasteiger charge is 2.10. The highest BCUT2D eigenvalue weighted by Crippen LogP contribution is 2.23. The molecule has 6 nitrogen and oxygen atoms in total. The van der Waals surface area contributed by atoms with Gasteiger partial charge >= 0.3 is 6.03 Å². The van der Waals surface area contributed by atoms with Crippen molar-refractivity contribution in [3.05, 3.63) is 54.1 Å². The van der Waals surface area contributed by atoms with Crippen molar-refractivity contribution in [2.24, 2.45) is 0 Å². The van der Waals surface area contributed by atoms with Gasteiger partial charge < -0.3 is 20.1 Å². The minimum atomic E-state index is -0.203. The molecular formula is C20H25N3O3. The number of urea groups is 1. The molecule has 1 aliphatic heterocycles. The topological polar surface area (TPSA) is 62.8 Å². The zero-order valence-electron chi connectivity index (χ0n) is 15.0. The van der Waals surface area contributed by atoms with E-state index in [0.29, 0.717) is 6.54 Å². The van der Waals surface area contributed by atoms with E-state index in [1.165, 1.54) is 5.56 Å². The van der Waals surface area contributed by atoms with Crippen LogP contribution in [0, 0.1) is 6.92 Å². The summed E-state index contributed by atoms with van der Waals surface area (Å²) in [5, 5.41) is 5.70. The maximum Gasteiger partial charge on any atom is 0.319 e. The highest BCUT2D eigenvalue weighted by atomic mass is 16.5. The number of hydrogen-bond acceptors (Lipinski definition) is 4. The van der Waals surface area contributed by atoms with Crippen molar-refractivity contribution in [3.63, 3.8) is 0 Å². The van der Waals surface area contributed by atoms with E-state index in [1.54, 1.807) is 0 Å². The van der Waals surface area contributed by atoms with Gasteiger partial charge in [-0.15, -0.1) is 0 Å². The SMILES string of the molecule is Cc1ccc(Oc2ccc(NC(=O)NCCN3CCOCC3)cc2)cc1. The van der Waals surface area contributed by atoms with Gasteiger partial charge in [0.25, 0.3) is 0 Å². The van der Waals surface area contributed by atoms with Crippen LogP contribution in [0.15, 0.2) is 48.5 Å². The molecule has 1 saturated heterocycles. The second-order valence-corrected chi connectivity index (χ2v) is 6.27. The molecule has 0 unspecified atom stereocenters. The molecule has 0 bridgehead atoms. The molecule has 1 aliphatic rings. The van der Waals surface area contributed by atoms with E-state index in [4.69, 9.17) is 9.47 Å². The molecule has 0 saturated carbocycles. The van der Waals surface area contributed by atoms with Crippen LogP contribution in [0.25, 0.3) is 0 Å². The maximum atomic E-state index is 12.0. The number of aryl methyl sites for hydroxylation is 1. The summed E-state index contributed by atoms with van der Waals surface area (Å²) in [5.74, 6) is 1.52. The van der Waals surface area contributed by atoms with Crippen molar-refractivity contribution in [1.82, 2.24) is 10.2 Å². The van der Waals surface area contributed by atoms with Crippen molar-refractivity contribution in [2.45, 2.75) is 6.92 Å². The Morgan fingerprint density at radius 2 is 1.65 bits per heavy atom. The summed E-state index contributed by atoms with van der Waals surface area (Å²) in [6.45, 7) is 6.86. The molecule has 138 valence electrons. The van der Waals surface area contributed by atoms with Crippen LogP contribution in [0.2, 0.25) is 0 Å². The van der Waals surface area contributed by atoms with Gasteiger partial charge in [0.05, 0.1) is 13.2 Å². The maximum absolute atomic E-state index is 12.0. The van der Waals surface area contributed by atoms with Crippen LogP contribution in [-0.2, 0) is 4.74 Å². The molecule has 1 heterocycles. The van der Waals surface area contributed by atoms with Crippen LogP contribution in [0.5, 0.6) is 11.5 Å². The van der Waals surface area contributed by atoms with Gasteiger partial charge in [0.2, 0.25) is 0 Å². The Kier molecular flexibility index (Phi) is 6.46. The number of benzene rings is 2. The van der Waals surface area contributed by atoms with Crippen LogP contribution in [0.1, 0.15) is 5.56 Å². The number of anilines is 1. The number of amides is 2. The third-order valence-electron chi connectivity index (χ3n) is 4.19. The number of ether oxygens (including phenoxy) is 2. The molecule has 0 aromatic heterocycles. The number of morpholine rings is 1. The number of hydrogen-bond donors (Lipinski definition) is 2. The molecule has 0 radical (unpaired) electrons. The van der Waals surface area contributed by atoms with Crippen molar-refractivity contribution in [3.8, 4) is 11.5 Å². The quantitative estimate of drug-likeness (QED) is 0.835. The van der Waals surface area contributed by atoms with E-state index in [2.05, 4.69) is 15.5 Å². The molecule has 3 rings (SSSR count). The molecule has 0 aliphatic carbocycles. The first-order valence-electron chi connectivity index (χ1n) is 8.88. The number of nitrogens with zero attached hydrogens (tertiary/aromatic N) is 1. The fourth-order valence-electron chi connectivity index (χ4n) is 2.68. The summed E-state index contributed by atoms with van der Waals surface area (Å²) in [7, 11) is 0. The summed E-state index contributed by atoms with van der Waals surface area (Å²) in [4.78, 5) is 14.2. The van der Waals surface area contributed by atoms with Gasteiger partial charge in [-0.05, 0) is 43.3 Å². The minimum absolute atomic E-state index is 0.203. The Hall–Kier alpha value is -2.57. The Morgan fingerprint density at radius 3 is 2.31 bits per heavy atom. The molecule has 26 heavy (non-hydrogen) atoms. The molecule has 1 fully saturated rings. The average molecular weight is 355 g/mol. The van der Waals surface area contributed by atoms with E-state index in [0.717, 1.165) is 50.0 Å². The van der Waals surface area contributed by atoms with Gasteiger partial charge in [-0.2, -0.15) is 0 Å². The van der Waals surface area contributed by atoms with Crippen molar-refractivity contribution < 1.29 is 14.3 Å². The van der Waals surface area contributed by atoms with E-state index in [-0.39, 0.29) is 6.03 Å². The first-order valence-corrected chi connectivity index (χ1v) is 8.88. The fraction of sp³-hybridized carbons (Fsp3) is 0.350. The van der Waals surface area contributed by atoms with Crippen LogP contribution in [0.3, 0.4) is 0 Å². The Bertz CT molecular complexity index is 695. The average Bonchev–Trinajstić information content (AvgIpc) is 2.66. The third kappa shape index (κ3) is 5.75. The molecule has 0 spiro atoms.